The third-order valence-corrected chi connectivity index (χ3v) is 2.02. The molecule has 0 rings (SSSR count). The molecular weight excluding hydrogens is 200 g/mol. The molecule has 0 aromatic carbocycles. The van der Waals surface area contributed by atoms with Crippen molar-refractivity contribution in [2.24, 2.45) is 5.92 Å². The Labute approximate surface area is 68.8 Å². The second kappa shape index (κ2) is 5.53. The monoisotopic (exact) mass is 210 g/mol. The van der Waals surface area contributed by atoms with Crippen LogP contribution in [0.25, 0.3) is 0 Å². The Kier molecular flexibility index (Phi) is 5.39. The van der Waals surface area contributed by atoms with Crippen LogP contribution in [-0.2, 0) is 9.47 Å². The maximum atomic E-state index is 10.4. The van der Waals surface area contributed by atoms with Crippen molar-refractivity contribution in [3.8, 4) is 0 Å². The van der Waals surface area contributed by atoms with Crippen LogP contribution in [0.15, 0.2) is 0 Å². The van der Waals surface area contributed by atoms with E-state index >= 15 is 0 Å². The summed E-state index contributed by atoms with van der Waals surface area (Å²) in [5, 5.41) is 0.823. The lowest BCUT2D eigenvalue weighted by Crippen LogP contribution is -2.12. The van der Waals surface area contributed by atoms with E-state index in [1.807, 2.05) is 6.92 Å². The van der Waals surface area contributed by atoms with Gasteiger partial charge in [0, 0.05) is 11.2 Å². The first-order valence-corrected chi connectivity index (χ1v) is 4.09. The minimum absolute atomic E-state index is 0.332. The molecule has 0 aliphatic carbocycles. The average molecular weight is 211 g/mol. The number of ether oxygens (including phenoxy) is 2. The molecule has 3 nitrogen and oxygen atoms in total. The van der Waals surface area contributed by atoms with Gasteiger partial charge in [0.2, 0.25) is 0 Å². The van der Waals surface area contributed by atoms with Gasteiger partial charge in [-0.2, -0.15) is 0 Å². The van der Waals surface area contributed by atoms with Gasteiger partial charge in [-0.1, -0.05) is 22.9 Å². The van der Waals surface area contributed by atoms with Crippen LogP contribution >= 0.6 is 15.9 Å². The number of hydrogen-bond acceptors (Lipinski definition) is 3. The van der Waals surface area contributed by atoms with Crippen molar-refractivity contribution in [2.45, 2.75) is 6.92 Å². The van der Waals surface area contributed by atoms with Gasteiger partial charge in [-0.05, 0) is 0 Å². The summed E-state index contributed by atoms with van der Waals surface area (Å²) < 4.78 is 8.92. The van der Waals surface area contributed by atoms with Crippen molar-refractivity contribution in [1.82, 2.24) is 0 Å². The molecule has 0 fully saturated rings. The van der Waals surface area contributed by atoms with Gasteiger partial charge in [-0.25, -0.2) is 4.79 Å². The molecule has 0 saturated heterocycles. The van der Waals surface area contributed by atoms with Crippen molar-refractivity contribution in [1.29, 1.82) is 0 Å². The molecule has 0 spiro atoms. The molecule has 1 unspecified atom stereocenters. The minimum atomic E-state index is -0.618. The van der Waals surface area contributed by atoms with Crippen LogP contribution in [0.3, 0.4) is 0 Å². The predicted octanol–water partition coefficient (Wildman–Crippen LogP) is 1.80. The fourth-order valence-electron chi connectivity index (χ4n) is 0.314. The molecule has 10 heavy (non-hydrogen) atoms. The summed E-state index contributed by atoms with van der Waals surface area (Å²) >= 11 is 3.25. The number of halogens is 1. The first-order chi connectivity index (χ1) is 4.70. The van der Waals surface area contributed by atoms with Gasteiger partial charge in [-0.3, -0.25) is 0 Å². The largest absolute Gasteiger partial charge is 0.507 e. The Morgan fingerprint density at radius 1 is 1.70 bits per heavy atom. The zero-order valence-corrected chi connectivity index (χ0v) is 7.68. The van der Waals surface area contributed by atoms with E-state index in [0.717, 1.165) is 5.33 Å². The summed E-state index contributed by atoms with van der Waals surface area (Å²) in [6.45, 7) is 2.37. The predicted molar refractivity (Wildman–Crippen MR) is 41.3 cm³/mol. The first-order valence-electron chi connectivity index (χ1n) is 2.97. The van der Waals surface area contributed by atoms with Crippen molar-refractivity contribution >= 4 is 22.1 Å². The van der Waals surface area contributed by atoms with E-state index < -0.39 is 6.16 Å². The van der Waals surface area contributed by atoms with E-state index in [9.17, 15) is 4.79 Å². The highest BCUT2D eigenvalue weighted by Crippen LogP contribution is 2.00. The molecule has 0 aromatic heterocycles. The zero-order chi connectivity index (χ0) is 7.98. The molecule has 1 atom stereocenters. The third kappa shape index (κ3) is 4.61. The number of hydrogen-bond donors (Lipinski definition) is 0. The summed E-state index contributed by atoms with van der Waals surface area (Å²) in [5.74, 6) is 0.332. The second-order valence-electron chi connectivity index (χ2n) is 2.02. The maximum absolute atomic E-state index is 10.4. The summed E-state index contributed by atoms with van der Waals surface area (Å²) in [7, 11) is 1.29. The fraction of sp³-hybridized carbons (Fsp3) is 0.833. The van der Waals surface area contributed by atoms with Gasteiger partial charge in [0.1, 0.15) is 0 Å². The number of rotatable bonds is 3. The molecule has 0 heterocycles. The Bertz CT molecular complexity index is 105. The van der Waals surface area contributed by atoms with E-state index in [2.05, 4.69) is 25.4 Å². The normalized spacial score (nSPS) is 12.3. The van der Waals surface area contributed by atoms with Crippen molar-refractivity contribution in [2.75, 3.05) is 19.0 Å². The van der Waals surface area contributed by atoms with Crippen LogP contribution in [0, 0.1) is 5.92 Å². The van der Waals surface area contributed by atoms with E-state index in [-0.39, 0.29) is 0 Å². The molecule has 0 aliphatic rings. The van der Waals surface area contributed by atoms with E-state index in [1.165, 1.54) is 7.11 Å². The highest BCUT2D eigenvalue weighted by molar-refractivity contribution is 9.09. The molecule has 0 N–H and O–H groups in total. The standard InChI is InChI=1S/C6H11BrO3/c1-5(3-7)4-10-6(8)9-2/h5H,3-4H2,1-2H3. The molecule has 0 aliphatic heterocycles. The SMILES string of the molecule is COC(=O)OCC(C)CBr. The topological polar surface area (TPSA) is 35.5 Å². The molecule has 0 saturated carbocycles. The smallest absolute Gasteiger partial charge is 0.438 e. The van der Waals surface area contributed by atoms with Crippen LogP contribution in [-0.4, -0.2) is 25.2 Å². The highest BCUT2D eigenvalue weighted by atomic mass is 79.9. The van der Waals surface area contributed by atoms with Crippen LogP contribution in [0.5, 0.6) is 0 Å². The van der Waals surface area contributed by atoms with Gasteiger partial charge in [0.25, 0.3) is 0 Å². The van der Waals surface area contributed by atoms with Gasteiger partial charge >= 0.3 is 6.16 Å². The highest BCUT2D eigenvalue weighted by Gasteiger charge is 2.04. The Morgan fingerprint density at radius 2 is 2.30 bits per heavy atom. The maximum Gasteiger partial charge on any atom is 0.507 e. The second-order valence-corrected chi connectivity index (χ2v) is 2.67. The lowest BCUT2D eigenvalue weighted by atomic mass is 10.2. The summed E-state index contributed by atoms with van der Waals surface area (Å²) in [6.07, 6.45) is -0.618. The van der Waals surface area contributed by atoms with Crippen LogP contribution in [0.2, 0.25) is 0 Å². The molecule has 0 bridgehead atoms. The Hall–Kier alpha value is -0.250. The number of alkyl halides is 1. The molecule has 4 heteroatoms. The van der Waals surface area contributed by atoms with Gasteiger partial charge in [0.15, 0.2) is 0 Å². The minimum Gasteiger partial charge on any atom is -0.438 e. The van der Waals surface area contributed by atoms with E-state index in [4.69, 9.17) is 0 Å². The van der Waals surface area contributed by atoms with Crippen molar-refractivity contribution in [3.63, 3.8) is 0 Å². The molecule has 0 aromatic rings. The summed E-state index contributed by atoms with van der Waals surface area (Å²) in [6, 6.07) is 0. The average Bonchev–Trinajstić information content (AvgIpc) is 1.99. The van der Waals surface area contributed by atoms with Gasteiger partial charge in [-0.15, -0.1) is 0 Å². The Balaban J connectivity index is 3.26. The molecule has 0 amide bonds. The van der Waals surface area contributed by atoms with Crippen LogP contribution < -0.4 is 0 Å². The molecular formula is C6H11BrO3. The summed E-state index contributed by atoms with van der Waals surface area (Å²) in [4.78, 5) is 10.4. The first kappa shape index (κ1) is 9.75. The summed E-state index contributed by atoms with van der Waals surface area (Å²) in [5.41, 5.74) is 0. The van der Waals surface area contributed by atoms with E-state index in [0.29, 0.717) is 12.5 Å². The molecule has 60 valence electrons. The lowest BCUT2D eigenvalue weighted by molar-refractivity contribution is 0.0644. The molecule has 0 radical (unpaired) electrons. The number of carbonyl (C=O) groups is 1. The van der Waals surface area contributed by atoms with Crippen molar-refractivity contribution in [3.05, 3.63) is 0 Å². The van der Waals surface area contributed by atoms with Crippen molar-refractivity contribution < 1.29 is 14.3 Å². The van der Waals surface area contributed by atoms with Crippen LogP contribution in [0.4, 0.5) is 4.79 Å². The number of carbonyl (C=O) groups excluding carboxylic acids is 1. The van der Waals surface area contributed by atoms with E-state index in [1.54, 1.807) is 0 Å². The van der Waals surface area contributed by atoms with Gasteiger partial charge < -0.3 is 9.47 Å². The van der Waals surface area contributed by atoms with Crippen LogP contribution in [0.1, 0.15) is 6.92 Å². The zero-order valence-electron chi connectivity index (χ0n) is 6.09. The lowest BCUT2D eigenvalue weighted by Gasteiger charge is -2.06. The van der Waals surface area contributed by atoms with Gasteiger partial charge in [0.05, 0.1) is 13.7 Å². The Morgan fingerprint density at radius 3 is 2.70 bits per heavy atom. The fourth-order valence-corrected chi connectivity index (χ4v) is 0.501. The third-order valence-electron chi connectivity index (χ3n) is 0.916. The number of methoxy groups -OCH3 is 1. The quantitative estimate of drug-likeness (QED) is 0.527.